The van der Waals surface area contributed by atoms with Gasteiger partial charge in [-0.05, 0) is 6.92 Å². The van der Waals surface area contributed by atoms with Crippen LogP contribution in [0, 0.1) is 0 Å². The molecule has 0 saturated heterocycles. The summed E-state index contributed by atoms with van der Waals surface area (Å²) in [6.45, 7) is 1.30. The van der Waals surface area contributed by atoms with Crippen LogP contribution in [-0.2, 0) is 19.8 Å². The molecule has 0 aliphatic carbocycles. The van der Waals surface area contributed by atoms with E-state index in [1.807, 2.05) is 0 Å². The summed E-state index contributed by atoms with van der Waals surface area (Å²) < 4.78 is 36.1. The van der Waals surface area contributed by atoms with Crippen molar-refractivity contribution in [2.75, 3.05) is 7.11 Å². The van der Waals surface area contributed by atoms with Gasteiger partial charge in [-0.1, -0.05) is 30.3 Å². The van der Waals surface area contributed by atoms with Gasteiger partial charge in [0.25, 0.3) is 10.1 Å². The molecule has 5 heteroatoms. The molecule has 0 aliphatic rings. The first-order valence-corrected chi connectivity index (χ1v) is 5.43. The summed E-state index contributed by atoms with van der Waals surface area (Å²) in [6.07, 6.45) is 0. The van der Waals surface area contributed by atoms with E-state index in [4.69, 9.17) is 9.29 Å². The highest BCUT2D eigenvalue weighted by molar-refractivity contribution is 7.86. The van der Waals surface area contributed by atoms with Crippen LogP contribution in [0.2, 0.25) is 0 Å². The first kappa shape index (κ1) is 11.2. The molecule has 0 amide bonds. The first-order chi connectivity index (χ1) is 6.42. The summed E-state index contributed by atoms with van der Waals surface area (Å²) in [5, 5.41) is 0. The van der Waals surface area contributed by atoms with Crippen LogP contribution in [0.4, 0.5) is 0 Å². The number of rotatable bonds is 3. The van der Waals surface area contributed by atoms with Crippen LogP contribution in [0.3, 0.4) is 0 Å². The van der Waals surface area contributed by atoms with Crippen molar-refractivity contribution in [2.45, 2.75) is 11.9 Å². The van der Waals surface area contributed by atoms with Crippen LogP contribution in [0.1, 0.15) is 12.5 Å². The van der Waals surface area contributed by atoms with Crippen molar-refractivity contribution >= 4 is 10.1 Å². The molecule has 1 rings (SSSR count). The summed E-state index contributed by atoms with van der Waals surface area (Å²) >= 11 is 0. The highest BCUT2D eigenvalue weighted by Crippen LogP contribution is 2.29. The van der Waals surface area contributed by atoms with Crippen molar-refractivity contribution in [2.24, 2.45) is 0 Å². The van der Waals surface area contributed by atoms with Crippen LogP contribution in [-0.4, -0.2) is 20.1 Å². The molecule has 0 spiro atoms. The van der Waals surface area contributed by atoms with E-state index in [0.29, 0.717) is 5.56 Å². The summed E-state index contributed by atoms with van der Waals surface area (Å²) in [7, 11) is -3.05. The SMILES string of the molecule is COC(C)(c1ccccc1)S(=O)(=O)O. The average molecular weight is 216 g/mol. The van der Waals surface area contributed by atoms with Gasteiger partial charge in [-0.3, -0.25) is 4.55 Å². The second kappa shape index (κ2) is 3.68. The number of hydrogen-bond acceptors (Lipinski definition) is 3. The molecule has 0 heterocycles. The monoisotopic (exact) mass is 216 g/mol. The van der Waals surface area contributed by atoms with Gasteiger partial charge in [-0.2, -0.15) is 8.42 Å². The van der Waals surface area contributed by atoms with Crippen LogP contribution in [0.15, 0.2) is 30.3 Å². The molecule has 0 bridgehead atoms. The highest BCUT2D eigenvalue weighted by Gasteiger charge is 2.39. The molecule has 0 aliphatic heterocycles. The van der Waals surface area contributed by atoms with E-state index in [1.54, 1.807) is 30.3 Å². The van der Waals surface area contributed by atoms with E-state index in [2.05, 4.69) is 0 Å². The Morgan fingerprint density at radius 3 is 2.14 bits per heavy atom. The van der Waals surface area contributed by atoms with Gasteiger partial charge >= 0.3 is 0 Å². The lowest BCUT2D eigenvalue weighted by Crippen LogP contribution is -2.34. The van der Waals surface area contributed by atoms with E-state index < -0.39 is 15.1 Å². The summed E-state index contributed by atoms with van der Waals surface area (Å²) in [4.78, 5) is -1.70. The van der Waals surface area contributed by atoms with E-state index >= 15 is 0 Å². The van der Waals surface area contributed by atoms with E-state index in [9.17, 15) is 8.42 Å². The summed E-state index contributed by atoms with van der Waals surface area (Å²) in [5.74, 6) is 0. The fourth-order valence-electron chi connectivity index (χ4n) is 1.11. The lowest BCUT2D eigenvalue weighted by molar-refractivity contribution is 0.0673. The summed E-state index contributed by atoms with van der Waals surface area (Å²) in [6, 6.07) is 8.27. The normalized spacial score (nSPS) is 16.2. The van der Waals surface area contributed by atoms with Gasteiger partial charge in [0, 0.05) is 12.7 Å². The number of benzene rings is 1. The highest BCUT2D eigenvalue weighted by atomic mass is 32.2. The lowest BCUT2D eigenvalue weighted by Gasteiger charge is -2.24. The smallest absolute Gasteiger partial charge is 0.299 e. The Hall–Kier alpha value is -0.910. The van der Waals surface area contributed by atoms with Gasteiger partial charge in [0.15, 0.2) is 0 Å². The molecule has 1 aromatic carbocycles. The summed E-state index contributed by atoms with van der Waals surface area (Å²) in [5.41, 5.74) is 0.394. The Morgan fingerprint density at radius 1 is 1.29 bits per heavy atom. The molecule has 1 unspecified atom stereocenters. The minimum Gasteiger partial charge on any atom is -0.357 e. The van der Waals surface area contributed by atoms with E-state index in [-0.39, 0.29) is 0 Å². The Kier molecular flexibility index (Phi) is 2.94. The van der Waals surface area contributed by atoms with Gasteiger partial charge in [0.1, 0.15) is 0 Å². The Labute approximate surface area is 83.3 Å². The molecule has 1 aromatic rings. The second-order valence-electron chi connectivity index (χ2n) is 2.99. The molecule has 14 heavy (non-hydrogen) atoms. The van der Waals surface area contributed by atoms with Crippen LogP contribution < -0.4 is 0 Å². The minimum atomic E-state index is -4.29. The maximum absolute atomic E-state index is 11.1. The zero-order valence-electron chi connectivity index (χ0n) is 7.97. The molecule has 0 radical (unpaired) electrons. The minimum absolute atomic E-state index is 0.394. The standard InChI is InChI=1S/C9H12O4S/c1-9(13-2,14(10,11)12)8-6-4-3-5-7-8/h3-7H,1-2H3,(H,10,11,12). The molecule has 0 saturated carbocycles. The third-order valence-electron chi connectivity index (χ3n) is 2.18. The third-order valence-corrected chi connectivity index (χ3v) is 3.57. The molecule has 78 valence electrons. The Morgan fingerprint density at radius 2 is 1.79 bits per heavy atom. The average Bonchev–Trinajstić information content (AvgIpc) is 2.16. The van der Waals surface area contributed by atoms with E-state index in [1.165, 1.54) is 14.0 Å². The second-order valence-corrected chi connectivity index (χ2v) is 4.72. The van der Waals surface area contributed by atoms with Gasteiger partial charge in [0.05, 0.1) is 0 Å². The third kappa shape index (κ3) is 1.79. The van der Waals surface area contributed by atoms with Crippen molar-refractivity contribution in [3.8, 4) is 0 Å². The maximum atomic E-state index is 11.1. The molecule has 0 aromatic heterocycles. The zero-order chi connectivity index (χ0) is 10.8. The molecular weight excluding hydrogens is 204 g/mol. The quantitative estimate of drug-likeness (QED) is 0.775. The lowest BCUT2D eigenvalue weighted by atomic mass is 10.1. The molecule has 4 nitrogen and oxygen atoms in total. The zero-order valence-corrected chi connectivity index (χ0v) is 8.78. The predicted molar refractivity (Wildman–Crippen MR) is 52.4 cm³/mol. The Balaban J connectivity index is 3.30. The molecule has 1 atom stereocenters. The van der Waals surface area contributed by atoms with Crippen molar-refractivity contribution < 1.29 is 17.7 Å². The fourth-order valence-corrected chi connectivity index (χ4v) is 1.76. The predicted octanol–water partition coefficient (Wildman–Crippen LogP) is 1.39. The first-order valence-electron chi connectivity index (χ1n) is 3.99. The van der Waals surface area contributed by atoms with Crippen LogP contribution >= 0.6 is 0 Å². The van der Waals surface area contributed by atoms with Gasteiger partial charge in [-0.25, -0.2) is 0 Å². The van der Waals surface area contributed by atoms with Gasteiger partial charge < -0.3 is 4.74 Å². The van der Waals surface area contributed by atoms with Crippen molar-refractivity contribution in [3.05, 3.63) is 35.9 Å². The van der Waals surface area contributed by atoms with E-state index in [0.717, 1.165) is 0 Å². The molecule has 1 N–H and O–H groups in total. The Bertz CT molecular complexity index is 398. The van der Waals surface area contributed by atoms with Gasteiger partial charge in [-0.15, -0.1) is 0 Å². The van der Waals surface area contributed by atoms with Crippen molar-refractivity contribution in [3.63, 3.8) is 0 Å². The number of methoxy groups -OCH3 is 1. The fraction of sp³-hybridized carbons (Fsp3) is 0.333. The largest absolute Gasteiger partial charge is 0.357 e. The topological polar surface area (TPSA) is 63.6 Å². The number of hydrogen-bond donors (Lipinski definition) is 1. The molecule has 0 fully saturated rings. The van der Waals surface area contributed by atoms with Gasteiger partial charge in [0.2, 0.25) is 4.93 Å². The molecular formula is C9H12O4S. The van der Waals surface area contributed by atoms with Crippen molar-refractivity contribution in [1.82, 2.24) is 0 Å². The number of ether oxygens (including phenoxy) is 1. The maximum Gasteiger partial charge on any atom is 0.299 e. The van der Waals surface area contributed by atoms with Crippen molar-refractivity contribution in [1.29, 1.82) is 0 Å². The van der Waals surface area contributed by atoms with Crippen LogP contribution in [0.25, 0.3) is 0 Å². The van der Waals surface area contributed by atoms with Crippen LogP contribution in [0.5, 0.6) is 0 Å².